The Morgan fingerprint density at radius 3 is 2.71 bits per heavy atom. The molecule has 21 heavy (non-hydrogen) atoms. The first-order chi connectivity index (χ1) is 10.0. The molecule has 1 saturated carbocycles. The van der Waals surface area contributed by atoms with Gasteiger partial charge in [0.2, 0.25) is 0 Å². The molecule has 2 rings (SSSR count). The Kier molecular flexibility index (Phi) is 5.08. The van der Waals surface area contributed by atoms with Crippen molar-refractivity contribution in [2.24, 2.45) is 11.8 Å². The molecule has 4 unspecified atom stereocenters. The largest absolute Gasteiger partial charge is 0.480 e. The molecule has 0 aromatic rings. The Labute approximate surface area is 126 Å². The normalized spacial score (nSPS) is 29.3. The van der Waals surface area contributed by atoms with Gasteiger partial charge >= 0.3 is 12.0 Å². The Morgan fingerprint density at radius 1 is 1.43 bits per heavy atom. The van der Waals surface area contributed by atoms with E-state index >= 15 is 0 Å². The van der Waals surface area contributed by atoms with Crippen LogP contribution >= 0.6 is 0 Å². The fraction of sp³-hybridized carbons (Fsp3) is 0.867. The highest BCUT2D eigenvalue weighted by molar-refractivity contribution is 5.84. The van der Waals surface area contributed by atoms with Crippen LogP contribution in [0.15, 0.2) is 0 Å². The number of fused-ring (bicyclic) bond motifs is 1. The molecule has 1 N–H and O–H groups in total. The maximum atomic E-state index is 12.8. The summed E-state index contributed by atoms with van der Waals surface area (Å²) in [5, 5.41) is 9.54. The number of methoxy groups -OCH3 is 1. The highest BCUT2D eigenvalue weighted by Gasteiger charge is 2.50. The van der Waals surface area contributed by atoms with Gasteiger partial charge in [0.25, 0.3) is 0 Å². The quantitative estimate of drug-likeness (QED) is 0.838. The number of hydrogen-bond donors (Lipinski definition) is 1. The van der Waals surface area contributed by atoms with Crippen LogP contribution in [0.4, 0.5) is 4.79 Å². The molecule has 2 fully saturated rings. The molecule has 0 spiro atoms. The van der Waals surface area contributed by atoms with Crippen molar-refractivity contribution in [3.8, 4) is 0 Å². The van der Waals surface area contributed by atoms with Gasteiger partial charge in [-0.2, -0.15) is 0 Å². The minimum atomic E-state index is -0.867. The van der Waals surface area contributed by atoms with Crippen molar-refractivity contribution in [2.75, 3.05) is 26.8 Å². The Balaban J connectivity index is 2.15. The highest BCUT2D eigenvalue weighted by atomic mass is 16.5. The number of carbonyl (C=O) groups is 2. The van der Waals surface area contributed by atoms with Crippen molar-refractivity contribution in [1.82, 2.24) is 9.80 Å². The van der Waals surface area contributed by atoms with Gasteiger partial charge in [-0.05, 0) is 38.5 Å². The summed E-state index contributed by atoms with van der Waals surface area (Å²) in [7, 11) is 1.61. The van der Waals surface area contributed by atoms with E-state index in [1.807, 2.05) is 13.8 Å². The maximum Gasteiger partial charge on any atom is 0.326 e. The number of ether oxygens (including phenoxy) is 1. The molecule has 1 heterocycles. The zero-order chi connectivity index (χ0) is 15.6. The lowest BCUT2D eigenvalue weighted by atomic mass is 9.94. The molecular formula is C15H26N2O4. The molecular weight excluding hydrogens is 272 g/mol. The first-order valence-corrected chi connectivity index (χ1v) is 7.80. The van der Waals surface area contributed by atoms with E-state index in [9.17, 15) is 14.7 Å². The van der Waals surface area contributed by atoms with Gasteiger partial charge in [0.15, 0.2) is 0 Å². The van der Waals surface area contributed by atoms with E-state index in [0.29, 0.717) is 25.6 Å². The van der Waals surface area contributed by atoms with Crippen molar-refractivity contribution in [2.45, 2.75) is 45.2 Å². The lowest BCUT2D eigenvalue weighted by Crippen LogP contribution is -2.52. The van der Waals surface area contributed by atoms with Gasteiger partial charge in [-0.15, -0.1) is 0 Å². The monoisotopic (exact) mass is 298 g/mol. The van der Waals surface area contributed by atoms with Crippen LogP contribution in [0.5, 0.6) is 0 Å². The summed E-state index contributed by atoms with van der Waals surface area (Å²) >= 11 is 0. The number of aliphatic carboxylic acids is 1. The van der Waals surface area contributed by atoms with Gasteiger partial charge in [-0.1, -0.05) is 6.42 Å². The third-order valence-corrected chi connectivity index (χ3v) is 4.92. The van der Waals surface area contributed by atoms with Gasteiger partial charge in [-0.3, -0.25) is 0 Å². The highest BCUT2D eigenvalue weighted by Crippen LogP contribution is 2.42. The summed E-state index contributed by atoms with van der Waals surface area (Å²) in [5.74, 6) is -0.387. The molecule has 1 saturated heterocycles. The fourth-order valence-corrected chi connectivity index (χ4v) is 3.95. The summed E-state index contributed by atoms with van der Waals surface area (Å²) in [6.07, 6.45) is 3.04. The average molecular weight is 298 g/mol. The minimum Gasteiger partial charge on any atom is -0.480 e. The van der Waals surface area contributed by atoms with Gasteiger partial charge in [0.1, 0.15) is 6.04 Å². The number of rotatable bonds is 5. The minimum absolute atomic E-state index is 0.0533. The second-order valence-electron chi connectivity index (χ2n) is 6.16. The Bertz CT molecular complexity index is 401. The molecule has 0 aromatic heterocycles. The van der Waals surface area contributed by atoms with E-state index in [2.05, 4.69) is 0 Å². The third kappa shape index (κ3) is 3.00. The smallest absolute Gasteiger partial charge is 0.326 e. The number of carboxylic acid groups (broad SMARTS) is 1. The summed E-state index contributed by atoms with van der Waals surface area (Å²) in [6.45, 7) is 5.44. The number of carboxylic acids is 1. The fourth-order valence-electron chi connectivity index (χ4n) is 3.95. The summed E-state index contributed by atoms with van der Waals surface area (Å²) < 4.78 is 5.12. The molecule has 0 radical (unpaired) electrons. The lowest BCUT2D eigenvalue weighted by molar-refractivity contribution is -0.142. The Hall–Kier alpha value is -1.30. The summed E-state index contributed by atoms with van der Waals surface area (Å²) in [5.41, 5.74) is 0. The number of nitrogens with zero attached hydrogens (tertiary/aromatic N) is 2. The number of likely N-dealkylation sites (tertiary alicyclic amines) is 1. The first kappa shape index (κ1) is 16.1. The van der Waals surface area contributed by atoms with E-state index in [1.165, 1.54) is 0 Å². The van der Waals surface area contributed by atoms with Crippen LogP contribution < -0.4 is 0 Å². The zero-order valence-corrected chi connectivity index (χ0v) is 13.1. The SMILES string of the molecule is CCN(C(=O)N1CC2CCCC2C1C(=O)O)C(C)COC. The van der Waals surface area contributed by atoms with Gasteiger partial charge in [0, 0.05) is 20.2 Å². The predicted molar refractivity (Wildman–Crippen MR) is 78.1 cm³/mol. The van der Waals surface area contributed by atoms with Crippen LogP contribution in [0, 0.1) is 11.8 Å². The van der Waals surface area contributed by atoms with Gasteiger partial charge < -0.3 is 19.6 Å². The molecule has 4 atom stereocenters. The topological polar surface area (TPSA) is 70.1 Å². The van der Waals surface area contributed by atoms with Crippen molar-refractivity contribution in [3.63, 3.8) is 0 Å². The second-order valence-corrected chi connectivity index (χ2v) is 6.16. The van der Waals surface area contributed by atoms with E-state index in [-0.39, 0.29) is 18.0 Å². The molecule has 1 aliphatic heterocycles. The number of amides is 2. The zero-order valence-electron chi connectivity index (χ0n) is 13.1. The first-order valence-electron chi connectivity index (χ1n) is 7.80. The standard InChI is InChI=1S/C15H26N2O4/c1-4-16(10(2)9-21-3)15(20)17-8-11-6-5-7-12(11)13(17)14(18)19/h10-13H,4-9H2,1-3H3,(H,18,19). The van der Waals surface area contributed by atoms with Crippen molar-refractivity contribution in [3.05, 3.63) is 0 Å². The van der Waals surface area contributed by atoms with Crippen LogP contribution in [-0.4, -0.2) is 65.8 Å². The molecule has 6 heteroatoms. The van der Waals surface area contributed by atoms with Crippen molar-refractivity contribution < 1.29 is 19.4 Å². The third-order valence-electron chi connectivity index (χ3n) is 4.92. The van der Waals surface area contributed by atoms with Crippen LogP contribution in [0.1, 0.15) is 33.1 Å². The van der Waals surface area contributed by atoms with E-state index in [1.54, 1.807) is 16.9 Å². The summed E-state index contributed by atoms with van der Waals surface area (Å²) in [4.78, 5) is 27.7. The molecule has 1 aliphatic carbocycles. The Morgan fingerprint density at radius 2 is 2.14 bits per heavy atom. The van der Waals surface area contributed by atoms with Crippen LogP contribution in [0.25, 0.3) is 0 Å². The molecule has 0 bridgehead atoms. The predicted octanol–water partition coefficient (Wildman–Crippen LogP) is 1.65. The van der Waals surface area contributed by atoms with Crippen LogP contribution in [0.3, 0.4) is 0 Å². The van der Waals surface area contributed by atoms with Gasteiger partial charge in [0.05, 0.1) is 12.6 Å². The molecule has 2 aliphatic rings. The number of carbonyl (C=O) groups excluding carboxylic acids is 1. The molecule has 0 aromatic carbocycles. The van der Waals surface area contributed by atoms with E-state index in [4.69, 9.17) is 4.74 Å². The maximum absolute atomic E-state index is 12.8. The van der Waals surface area contributed by atoms with Gasteiger partial charge in [-0.25, -0.2) is 9.59 Å². The van der Waals surface area contributed by atoms with Crippen molar-refractivity contribution >= 4 is 12.0 Å². The number of urea groups is 1. The molecule has 6 nitrogen and oxygen atoms in total. The second kappa shape index (κ2) is 6.64. The van der Waals surface area contributed by atoms with Crippen LogP contribution in [0.2, 0.25) is 0 Å². The number of hydrogen-bond acceptors (Lipinski definition) is 3. The van der Waals surface area contributed by atoms with E-state index < -0.39 is 12.0 Å². The average Bonchev–Trinajstić information content (AvgIpc) is 2.98. The lowest BCUT2D eigenvalue weighted by Gasteiger charge is -2.34. The van der Waals surface area contributed by atoms with Crippen LogP contribution in [-0.2, 0) is 9.53 Å². The summed E-state index contributed by atoms with van der Waals surface area (Å²) in [6, 6.07) is -0.875. The van der Waals surface area contributed by atoms with Crippen molar-refractivity contribution in [1.29, 1.82) is 0 Å². The molecule has 2 amide bonds. The van der Waals surface area contributed by atoms with E-state index in [0.717, 1.165) is 19.3 Å². The number of likely N-dealkylation sites (N-methyl/N-ethyl adjacent to an activating group) is 1. The molecule has 120 valence electrons.